The van der Waals surface area contributed by atoms with Crippen molar-refractivity contribution in [3.8, 4) is 11.5 Å². The molecular weight excluding hydrogens is 753 g/mol. The van der Waals surface area contributed by atoms with E-state index in [0.29, 0.717) is 40.9 Å². The number of anilines is 2. The lowest BCUT2D eigenvalue weighted by Crippen LogP contribution is -2.27. The van der Waals surface area contributed by atoms with E-state index >= 15 is 0 Å². The van der Waals surface area contributed by atoms with Gasteiger partial charge in [-0.05, 0) is 53.1 Å². The van der Waals surface area contributed by atoms with Gasteiger partial charge in [-0.2, -0.15) is 0 Å². The lowest BCUT2D eigenvalue weighted by Gasteiger charge is -2.24. The number of nitrogens with zero attached hydrogens (tertiary/aromatic N) is 5. The van der Waals surface area contributed by atoms with Gasteiger partial charge in [0.2, 0.25) is 5.16 Å². The quantitative estimate of drug-likeness (QED) is 0.0350. The third kappa shape index (κ3) is 13.1. The molecule has 0 bridgehead atoms. The predicted molar refractivity (Wildman–Crippen MR) is 230 cm³/mol. The summed E-state index contributed by atoms with van der Waals surface area (Å²) in [5.41, 5.74) is 1.94. The second-order valence-corrected chi connectivity index (χ2v) is 15.2. The first-order valence-corrected chi connectivity index (χ1v) is 21.4. The van der Waals surface area contributed by atoms with Gasteiger partial charge in [0.15, 0.2) is 0 Å². The molecule has 0 aliphatic rings. The van der Waals surface area contributed by atoms with E-state index in [9.17, 15) is 19.5 Å². The highest BCUT2D eigenvalue weighted by atomic mass is 32.2. The molecule has 0 atom stereocenters. The highest BCUT2D eigenvalue weighted by Crippen LogP contribution is 2.38. The van der Waals surface area contributed by atoms with Gasteiger partial charge in [0, 0.05) is 22.5 Å². The molecule has 0 saturated carbocycles. The summed E-state index contributed by atoms with van der Waals surface area (Å²) < 4.78 is 12.5. The van der Waals surface area contributed by atoms with E-state index in [2.05, 4.69) is 27.8 Å². The maximum atomic E-state index is 14.1. The van der Waals surface area contributed by atoms with Crippen LogP contribution in [0.1, 0.15) is 113 Å². The lowest BCUT2D eigenvalue weighted by atomic mass is 10.0. The summed E-state index contributed by atoms with van der Waals surface area (Å²) in [6.07, 6.45) is 15.8. The molecular formula is C45H56N6O6S. The molecule has 308 valence electrons. The summed E-state index contributed by atoms with van der Waals surface area (Å²) in [7, 11) is 0. The van der Waals surface area contributed by atoms with Crippen molar-refractivity contribution in [2.75, 3.05) is 23.4 Å². The highest BCUT2D eigenvalue weighted by Gasteiger charge is 2.25. The number of carbonyl (C=O) groups is 3. The molecule has 0 aliphatic heterocycles. The second-order valence-electron chi connectivity index (χ2n) is 14.3. The van der Waals surface area contributed by atoms with Gasteiger partial charge in [0.25, 0.3) is 11.1 Å². The number of nitrogens with one attached hydrogen (secondary N) is 1. The minimum Gasteiger partial charge on any atom is -0.506 e. The number of aromatic hydroxyl groups is 1. The summed E-state index contributed by atoms with van der Waals surface area (Å²) in [6.45, 7) is 4.90. The number of hydrogen-bond donors (Lipinski definition) is 2. The van der Waals surface area contributed by atoms with E-state index in [0.717, 1.165) is 30.2 Å². The number of unbranched alkanes of at least 4 members (excludes halogenated alkanes) is 11. The third-order valence-corrected chi connectivity index (χ3v) is 10.6. The Morgan fingerprint density at radius 2 is 1.43 bits per heavy atom. The molecule has 1 aromatic heterocycles. The summed E-state index contributed by atoms with van der Waals surface area (Å²) in [5.74, 6) is -0.665. The van der Waals surface area contributed by atoms with Gasteiger partial charge in [0.05, 0.1) is 36.7 Å². The summed E-state index contributed by atoms with van der Waals surface area (Å²) in [4.78, 5) is 41.6. The van der Waals surface area contributed by atoms with Gasteiger partial charge in [-0.3, -0.25) is 19.3 Å². The van der Waals surface area contributed by atoms with Crippen LogP contribution in [0, 0.1) is 0 Å². The zero-order valence-corrected chi connectivity index (χ0v) is 34.6. The number of para-hydroxylation sites is 2. The van der Waals surface area contributed by atoms with Gasteiger partial charge in [-0.15, -0.1) is 5.10 Å². The molecule has 0 radical (unpaired) electrons. The molecule has 5 aromatic rings. The van der Waals surface area contributed by atoms with Gasteiger partial charge >= 0.3 is 5.97 Å². The molecule has 0 fully saturated rings. The van der Waals surface area contributed by atoms with Crippen molar-refractivity contribution in [1.82, 2.24) is 20.2 Å². The number of phenols is 1. The predicted octanol–water partition coefficient (Wildman–Crippen LogP) is 10.7. The number of rotatable bonds is 24. The normalized spacial score (nSPS) is 11.1. The number of esters is 1. The molecule has 0 unspecified atom stereocenters. The van der Waals surface area contributed by atoms with Crippen molar-refractivity contribution in [2.45, 2.75) is 116 Å². The van der Waals surface area contributed by atoms with Gasteiger partial charge in [-0.25, -0.2) is 4.68 Å². The number of carbonyl (C=O) groups excluding carboxylic acids is 3. The van der Waals surface area contributed by atoms with Crippen molar-refractivity contribution in [3.05, 3.63) is 96.1 Å². The van der Waals surface area contributed by atoms with Crippen LogP contribution in [0.15, 0.2) is 90.1 Å². The van der Waals surface area contributed by atoms with E-state index in [1.807, 2.05) is 55.5 Å². The van der Waals surface area contributed by atoms with Crippen molar-refractivity contribution in [2.24, 2.45) is 0 Å². The molecule has 0 aliphatic carbocycles. The highest BCUT2D eigenvalue weighted by molar-refractivity contribution is 8.13. The molecule has 0 spiro atoms. The molecule has 4 aromatic carbocycles. The van der Waals surface area contributed by atoms with E-state index in [-0.39, 0.29) is 36.2 Å². The molecule has 2 amide bonds. The Morgan fingerprint density at radius 1 is 0.741 bits per heavy atom. The van der Waals surface area contributed by atoms with E-state index in [1.165, 1.54) is 68.9 Å². The number of ether oxygens (including phenoxy) is 2. The molecule has 13 heteroatoms. The zero-order chi connectivity index (χ0) is 41.0. The largest absolute Gasteiger partial charge is 0.506 e. The van der Waals surface area contributed by atoms with Crippen LogP contribution in [0.2, 0.25) is 0 Å². The van der Waals surface area contributed by atoms with Crippen molar-refractivity contribution < 1.29 is 29.0 Å². The van der Waals surface area contributed by atoms with Crippen molar-refractivity contribution >= 4 is 51.0 Å². The number of amides is 2. The van der Waals surface area contributed by atoms with Gasteiger partial charge in [-0.1, -0.05) is 145 Å². The van der Waals surface area contributed by atoms with Crippen LogP contribution in [0.3, 0.4) is 0 Å². The number of aromatic nitrogens is 4. The summed E-state index contributed by atoms with van der Waals surface area (Å²) in [6, 6.07) is 25.2. The number of benzene rings is 4. The summed E-state index contributed by atoms with van der Waals surface area (Å²) >= 11 is 0.771. The Kier molecular flexibility index (Phi) is 17.9. The van der Waals surface area contributed by atoms with Crippen LogP contribution in [-0.4, -0.2) is 55.6 Å². The van der Waals surface area contributed by atoms with Crippen LogP contribution in [0.4, 0.5) is 16.2 Å². The monoisotopic (exact) mass is 808 g/mol. The molecule has 0 saturated heterocycles. The van der Waals surface area contributed by atoms with Crippen molar-refractivity contribution in [1.29, 1.82) is 0 Å². The van der Waals surface area contributed by atoms with Crippen LogP contribution in [0.5, 0.6) is 11.5 Å². The fraction of sp³-hybridized carbons (Fsp3) is 0.422. The zero-order valence-electron chi connectivity index (χ0n) is 33.7. The first-order chi connectivity index (χ1) is 28.4. The number of phenolic OH excluding ortho intramolecular Hbond substituents is 1. The smallest absolute Gasteiger partial charge is 0.327 e. The number of fused-ring (bicyclic) bond motifs is 1. The Balaban J connectivity index is 1.24. The SMILES string of the molecule is CCCCCCCCCCCCCCOc1ccccc1NC(=O)c1ccc2c(N(Cc3ccccc3)C(=O)Sc3nnnn3CC(=O)OCCC)cccc2c1O. The minimum atomic E-state index is -0.514. The maximum absolute atomic E-state index is 14.1. The second kappa shape index (κ2) is 23.7. The minimum absolute atomic E-state index is 0.0739. The van der Waals surface area contributed by atoms with E-state index in [1.54, 1.807) is 41.3 Å². The Bertz CT molecular complexity index is 2060. The standard InChI is InChI=1S/C45H56N6O6S/c1-3-5-6-7-8-9-10-11-12-13-14-20-31-56-40-27-19-18-25-38(40)46-43(54)37-29-28-35-36(42(37)53)24-21-26-39(35)50(32-34-22-16-15-17-23-34)45(55)58-44-47-48-49-51(44)33-41(52)57-30-4-2/h15-19,21-29,53H,3-14,20,30-33H2,1-2H3,(H,46,54). The van der Waals surface area contributed by atoms with E-state index in [4.69, 9.17) is 9.47 Å². The van der Waals surface area contributed by atoms with Crippen LogP contribution in [0.25, 0.3) is 10.8 Å². The number of tetrazole rings is 1. The molecule has 2 N–H and O–H groups in total. The first-order valence-electron chi connectivity index (χ1n) is 20.6. The van der Waals surface area contributed by atoms with Crippen molar-refractivity contribution in [3.63, 3.8) is 0 Å². The molecule has 5 rings (SSSR count). The van der Waals surface area contributed by atoms with Gasteiger partial charge in [0.1, 0.15) is 18.0 Å². The molecule has 1 heterocycles. The summed E-state index contributed by atoms with van der Waals surface area (Å²) in [5, 5.41) is 26.7. The average molecular weight is 809 g/mol. The molecule has 58 heavy (non-hydrogen) atoms. The fourth-order valence-corrected chi connectivity index (χ4v) is 7.37. The first kappa shape index (κ1) is 43.7. The van der Waals surface area contributed by atoms with Crippen LogP contribution < -0.4 is 15.0 Å². The third-order valence-electron chi connectivity index (χ3n) is 9.76. The Morgan fingerprint density at radius 3 is 2.16 bits per heavy atom. The van der Waals surface area contributed by atoms with Gasteiger partial charge < -0.3 is 19.9 Å². The fourth-order valence-electron chi connectivity index (χ4n) is 6.65. The number of thioether (sulfide) groups is 1. The lowest BCUT2D eigenvalue weighted by molar-refractivity contribution is -0.144. The molecule has 12 nitrogen and oxygen atoms in total. The Labute approximate surface area is 345 Å². The average Bonchev–Trinajstić information content (AvgIpc) is 3.67. The number of hydrogen-bond acceptors (Lipinski definition) is 10. The topological polar surface area (TPSA) is 149 Å². The van der Waals surface area contributed by atoms with Crippen LogP contribution >= 0.6 is 11.8 Å². The maximum Gasteiger partial charge on any atom is 0.327 e. The van der Waals surface area contributed by atoms with Crippen LogP contribution in [-0.2, 0) is 22.6 Å². The van der Waals surface area contributed by atoms with E-state index < -0.39 is 17.1 Å². The Hall–Kier alpha value is -5.43.